The van der Waals surface area contributed by atoms with Crippen molar-refractivity contribution in [2.24, 2.45) is 7.05 Å². The lowest BCUT2D eigenvalue weighted by Crippen LogP contribution is -2.40. The Balaban J connectivity index is 2.59. The van der Waals surface area contributed by atoms with Crippen molar-refractivity contribution < 1.29 is 4.39 Å². The summed E-state index contributed by atoms with van der Waals surface area (Å²) >= 11 is 0. The third-order valence-corrected chi connectivity index (χ3v) is 3.00. The molecule has 2 rings (SSSR count). The average Bonchev–Trinajstić information content (AvgIpc) is 2.36. The number of halogens is 1. The van der Waals surface area contributed by atoms with Gasteiger partial charge >= 0.3 is 5.69 Å². The van der Waals surface area contributed by atoms with E-state index in [2.05, 4.69) is 0 Å². The molecule has 0 bridgehead atoms. The molecular weight excluding hydrogens is 249 g/mol. The number of hydrogen-bond donors (Lipinski definition) is 1. The van der Waals surface area contributed by atoms with Gasteiger partial charge in [-0.25, -0.2) is 9.18 Å². The van der Waals surface area contributed by atoms with Crippen LogP contribution in [0.5, 0.6) is 0 Å². The summed E-state index contributed by atoms with van der Waals surface area (Å²) in [6.07, 6.45) is 1.28. The van der Waals surface area contributed by atoms with E-state index in [1.54, 1.807) is 13.0 Å². The molecule has 0 saturated carbocycles. The molecule has 0 aliphatic rings. The predicted octanol–water partition coefficient (Wildman–Crippen LogP) is 0.625. The first-order valence-electron chi connectivity index (χ1n) is 5.71. The summed E-state index contributed by atoms with van der Waals surface area (Å²) in [6.45, 7) is 1.79. The summed E-state index contributed by atoms with van der Waals surface area (Å²) in [6, 6.07) is 4.25. The molecule has 2 aromatic rings. The molecule has 0 aliphatic heterocycles. The van der Waals surface area contributed by atoms with Crippen LogP contribution >= 0.6 is 0 Å². The Morgan fingerprint density at radius 2 is 2.00 bits per heavy atom. The maximum absolute atomic E-state index is 13.2. The van der Waals surface area contributed by atoms with Crippen molar-refractivity contribution in [1.29, 1.82) is 0 Å². The molecule has 0 saturated heterocycles. The van der Waals surface area contributed by atoms with E-state index in [1.807, 2.05) is 0 Å². The van der Waals surface area contributed by atoms with Gasteiger partial charge in [-0.1, -0.05) is 6.07 Å². The van der Waals surface area contributed by atoms with Crippen LogP contribution in [-0.4, -0.2) is 9.13 Å². The maximum Gasteiger partial charge on any atom is 0.331 e. The van der Waals surface area contributed by atoms with Gasteiger partial charge in [-0.2, -0.15) is 0 Å². The number of benzene rings is 1. The van der Waals surface area contributed by atoms with Gasteiger partial charge in [-0.05, 0) is 30.2 Å². The fourth-order valence-corrected chi connectivity index (χ4v) is 1.87. The Hall–Kier alpha value is -2.37. The van der Waals surface area contributed by atoms with E-state index in [-0.39, 0.29) is 12.2 Å². The highest BCUT2D eigenvalue weighted by Gasteiger charge is 2.10. The van der Waals surface area contributed by atoms with E-state index in [4.69, 9.17) is 5.73 Å². The standard InChI is InChI=1S/C13H14FN3O2/c1-8-3-4-10(14)5-9(8)6-17-12(18)11(15)7-16(2)13(17)19/h3-5,7H,6,15H2,1-2H3. The van der Waals surface area contributed by atoms with Gasteiger partial charge in [0, 0.05) is 13.2 Å². The van der Waals surface area contributed by atoms with Crippen molar-refractivity contribution in [2.45, 2.75) is 13.5 Å². The second-order valence-electron chi connectivity index (χ2n) is 4.44. The highest BCUT2D eigenvalue weighted by Crippen LogP contribution is 2.10. The highest BCUT2D eigenvalue weighted by molar-refractivity contribution is 5.32. The second-order valence-corrected chi connectivity index (χ2v) is 4.44. The topological polar surface area (TPSA) is 70.0 Å². The zero-order chi connectivity index (χ0) is 14.2. The molecule has 0 amide bonds. The number of nitrogen functional groups attached to an aromatic ring is 1. The van der Waals surface area contributed by atoms with Crippen LogP contribution in [0.1, 0.15) is 11.1 Å². The monoisotopic (exact) mass is 263 g/mol. The van der Waals surface area contributed by atoms with E-state index in [9.17, 15) is 14.0 Å². The van der Waals surface area contributed by atoms with Crippen LogP contribution in [0, 0.1) is 12.7 Å². The van der Waals surface area contributed by atoms with Crippen LogP contribution in [0.15, 0.2) is 34.0 Å². The van der Waals surface area contributed by atoms with Gasteiger partial charge in [0.2, 0.25) is 0 Å². The lowest BCUT2D eigenvalue weighted by Gasteiger charge is -2.10. The van der Waals surface area contributed by atoms with E-state index < -0.39 is 17.1 Å². The third kappa shape index (κ3) is 2.42. The number of nitrogens with zero attached hydrogens (tertiary/aromatic N) is 2. The molecule has 0 atom stereocenters. The zero-order valence-electron chi connectivity index (χ0n) is 10.7. The number of anilines is 1. The SMILES string of the molecule is Cc1ccc(F)cc1Cn1c(=O)c(N)cn(C)c1=O. The molecule has 6 heteroatoms. The summed E-state index contributed by atoms with van der Waals surface area (Å²) in [5.74, 6) is -0.408. The molecule has 0 aliphatic carbocycles. The number of hydrogen-bond acceptors (Lipinski definition) is 3. The van der Waals surface area contributed by atoms with Crippen molar-refractivity contribution >= 4 is 5.69 Å². The van der Waals surface area contributed by atoms with E-state index in [0.29, 0.717) is 5.56 Å². The van der Waals surface area contributed by atoms with Gasteiger partial charge < -0.3 is 10.3 Å². The molecule has 1 aromatic carbocycles. The smallest absolute Gasteiger partial charge is 0.331 e. The number of nitrogens with two attached hydrogens (primary N) is 1. The highest BCUT2D eigenvalue weighted by atomic mass is 19.1. The molecule has 5 nitrogen and oxygen atoms in total. The Morgan fingerprint density at radius 3 is 2.68 bits per heavy atom. The molecular formula is C13H14FN3O2. The van der Waals surface area contributed by atoms with E-state index >= 15 is 0 Å². The zero-order valence-corrected chi connectivity index (χ0v) is 10.7. The van der Waals surface area contributed by atoms with Crippen LogP contribution in [0.25, 0.3) is 0 Å². The molecule has 0 spiro atoms. The molecule has 1 heterocycles. The Morgan fingerprint density at radius 1 is 1.32 bits per heavy atom. The van der Waals surface area contributed by atoms with Crippen LogP contribution in [0.4, 0.5) is 10.1 Å². The van der Waals surface area contributed by atoms with Crippen LogP contribution in [-0.2, 0) is 13.6 Å². The van der Waals surface area contributed by atoms with E-state index in [0.717, 1.165) is 10.1 Å². The fourth-order valence-electron chi connectivity index (χ4n) is 1.87. The molecule has 1 aromatic heterocycles. The van der Waals surface area contributed by atoms with E-state index in [1.165, 1.54) is 29.9 Å². The first-order valence-corrected chi connectivity index (χ1v) is 5.71. The summed E-state index contributed by atoms with van der Waals surface area (Å²) in [7, 11) is 1.51. The average molecular weight is 263 g/mol. The predicted molar refractivity (Wildman–Crippen MR) is 70.6 cm³/mol. The van der Waals surface area contributed by atoms with Crippen molar-refractivity contribution in [2.75, 3.05) is 5.73 Å². The van der Waals surface area contributed by atoms with Crippen LogP contribution in [0.3, 0.4) is 0 Å². The summed E-state index contributed by atoms with van der Waals surface area (Å²) in [5, 5.41) is 0. The summed E-state index contributed by atoms with van der Waals surface area (Å²) < 4.78 is 15.4. The quantitative estimate of drug-likeness (QED) is 0.863. The van der Waals surface area contributed by atoms with Crippen molar-refractivity contribution in [3.05, 3.63) is 62.2 Å². The summed E-state index contributed by atoms with van der Waals surface area (Å²) in [4.78, 5) is 23.8. The number of aromatic nitrogens is 2. The Kier molecular flexibility index (Phi) is 3.25. The van der Waals surface area contributed by atoms with Crippen LogP contribution < -0.4 is 17.0 Å². The molecule has 100 valence electrons. The van der Waals surface area contributed by atoms with Gasteiger partial charge in [-0.15, -0.1) is 0 Å². The lowest BCUT2D eigenvalue weighted by atomic mass is 10.1. The van der Waals surface area contributed by atoms with Gasteiger partial charge in [0.05, 0.1) is 6.54 Å². The number of aryl methyl sites for hydroxylation is 2. The van der Waals surface area contributed by atoms with Gasteiger partial charge in [0.15, 0.2) is 0 Å². The Bertz CT molecular complexity index is 712. The lowest BCUT2D eigenvalue weighted by molar-refractivity contribution is 0.612. The normalized spacial score (nSPS) is 10.7. The van der Waals surface area contributed by atoms with Crippen molar-refractivity contribution in [1.82, 2.24) is 9.13 Å². The largest absolute Gasteiger partial charge is 0.393 e. The minimum Gasteiger partial charge on any atom is -0.393 e. The minimum atomic E-state index is -0.563. The first-order chi connectivity index (χ1) is 8.90. The molecule has 19 heavy (non-hydrogen) atoms. The summed E-state index contributed by atoms with van der Waals surface area (Å²) in [5.41, 5.74) is 5.86. The van der Waals surface area contributed by atoms with Crippen LogP contribution in [0.2, 0.25) is 0 Å². The van der Waals surface area contributed by atoms with Gasteiger partial charge in [0.25, 0.3) is 5.56 Å². The first kappa shape index (κ1) is 13.1. The van der Waals surface area contributed by atoms with Gasteiger partial charge in [-0.3, -0.25) is 9.36 Å². The minimum absolute atomic E-state index is 0.000139. The number of rotatable bonds is 2. The molecule has 0 unspecified atom stereocenters. The van der Waals surface area contributed by atoms with Gasteiger partial charge in [0.1, 0.15) is 11.5 Å². The fraction of sp³-hybridized carbons (Fsp3) is 0.231. The molecule has 2 N–H and O–H groups in total. The molecule has 0 radical (unpaired) electrons. The molecule has 0 fully saturated rings. The van der Waals surface area contributed by atoms with Crippen molar-refractivity contribution in [3.8, 4) is 0 Å². The van der Waals surface area contributed by atoms with Crippen molar-refractivity contribution in [3.63, 3.8) is 0 Å². The third-order valence-electron chi connectivity index (χ3n) is 3.00. The maximum atomic E-state index is 13.2. The second kappa shape index (κ2) is 4.72. The Labute approximate surface area is 108 Å².